The second-order valence-corrected chi connectivity index (χ2v) is 6.52. The molecule has 0 fully saturated rings. The van der Waals surface area contributed by atoms with Crippen LogP contribution in [0.15, 0.2) is 42.5 Å². The van der Waals surface area contributed by atoms with Gasteiger partial charge < -0.3 is 15.0 Å². The number of hydrogen-bond acceptors (Lipinski definition) is 4. The lowest BCUT2D eigenvalue weighted by molar-refractivity contribution is -0.152. The number of rotatable bonds is 3. The maximum Gasteiger partial charge on any atom is 0.397 e. The van der Waals surface area contributed by atoms with Crippen molar-refractivity contribution in [3.63, 3.8) is 0 Å². The fourth-order valence-corrected chi connectivity index (χ4v) is 3.14. The van der Waals surface area contributed by atoms with E-state index >= 15 is 0 Å². The first-order valence-electron chi connectivity index (χ1n) is 8.68. The van der Waals surface area contributed by atoms with Crippen LogP contribution in [-0.4, -0.2) is 30.9 Å². The number of anilines is 2. The number of aryl methyl sites for hydroxylation is 1. The Morgan fingerprint density at radius 2 is 1.89 bits per heavy atom. The summed E-state index contributed by atoms with van der Waals surface area (Å²) in [6.07, 6.45) is 1.59. The maximum absolute atomic E-state index is 12.8. The lowest BCUT2D eigenvalue weighted by atomic mass is 10.00. The van der Waals surface area contributed by atoms with Gasteiger partial charge in [-0.25, -0.2) is 4.79 Å². The van der Waals surface area contributed by atoms with E-state index in [-0.39, 0.29) is 12.5 Å². The summed E-state index contributed by atoms with van der Waals surface area (Å²) in [5.74, 6) is -1.84. The fraction of sp³-hybridized carbons (Fsp3) is 0.250. The van der Waals surface area contributed by atoms with E-state index in [2.05, 4.69) is 10.1 Å². The standard InChI is InChI=1S/C20H19ClN2O4/c1-2-27-20(26)18(24)22-16-9-10-17-14(12-16)4-3-11-23(17)19(25)13-5-7-15(21)8-6-13/h5-10,12H,2-4,11H2,1H3,(H,22,24). The van der Waals surface area contributed by atoms with Gasteiger partial charge in [0.25, 0.3) is 5.91 Å². The molecule has 27 heavy (non-hydrogen) atoms. The van der Waals surface area contributed by atoms with Crippen LogP contribution in [0.25, 0.3) is 0 Å². The van der Waals surface area contributed by atoms with Crippen molar-refractivity contribution in [1.29, 1.82) is 0 Å². The highest BCUT2D eigenvalue weighted by molar-refractivity contribution is 6.37. The Morgan fingerprint density at radius 1 is 1.15 bits per heavy atom. The molecule has 2 aromatic rings. The van der Waals surface area contributed by atoms with Gasteiger partial charge in [0.05, 0.1) is 6.61 Å². The SMILES string of the molecule is CCOC(=O)C(=O)Nc1ccc2c(c1)CCCN2C(=O)c1ccc(Cl)cc1. The molecule has 2 aromatic carbocycles. The van der Waals surface area contributed by atoms with Gasteiger partial charge in [0.1, 0.15) is 0 Å². The summed E-state index contributed by atoms with van der Waals surface area (Å²) in [6, 6.07) is 12.0. The van der Waals surface area contributed by atoms with Crippen LogP contribution in [-0.2, 0) is 20.7 Å². The zero-order chi connectivity index (χ0) is 19.4. The summed E-state index contributed by atoms with van der Waals surface area (Å²) < 4.78 is 4.68. The van der Waals surface area contributed by atoms with Gasteiger partial charge in [-0.3, -0.25) is 9.59 Å². The fourth-order valence-electron chi connectivity index (χ4n) is 3.01. The number of nitrogens with zero attached hydrogens (tertiary/aromatic N) is 1. The molecule has 3 rings (SSSR count). The summed E-state index contributed by atoms with van der Waals surface area (Å²) in [5, 5.41) is 3.10. The van der Waals surface area contributed by atoms with Crippen molar-refractivity contribution in [3.05, 3.63) is 58.6 Å². The lowest BCUT2D eigenvalue weighted by Gasteiger charge is -2.30. The molecule has 0 aromatic heterocycles. The van der Waals surface area contributed by atoms with Crippen molar-refractivity contribution in [2.45, 2.75) is 19.8 Å². The van der Waals surface area contributed by atoms with E-state index in [4.69, 9.17) is 11.6 Å². The second-order valence-electron chi connectivity index (χ2n) is 6.09. The predicted molar refractivity (Wildman–Crippen MR) is 103 cm³/mol. The van der Waals surface area contributed by atoms with Crippen LogP contribution in [0.1, 0.15) is 29.3 Å². The molecular weight excluding hydrogens is 368 g/mol. The van der Waals surface area contributed by atoms with E-state index in [1.807, 2.05) is 0 Å². The average molecular weight is 387 g/mol. The first-order valence-corrected chi connectivity index (χ1v) is 9.06. The van der Waals surface area contributed by atoms with E-state index in [0.29, 0.717) is 22.8 Å². The minimum absolute atomic E-state index is 0.101. The van der Waals surface area contributed by atoms with Crippen LogP contribution >= 0.6 is 11.6 Å². The lowest BCUT2D eigenvalue weighted by Crippen LogP contribution is -2.35. The normalized spacial score (nSPS) is 12.9. The molecular formula is C20H19ClN2O4. The summed E-state index contributed by atoms with van der Waals surface area (Å²) in [5.41, 5.74) is 2.79. The van der Waals surface area contributed by atoms with Crippen molar-refractivity contribution >= 4 is 40.8 Å². The number of hydrogen-bond donors (Lipinski definition) is 1. The Bertz CT molecular complexity index is 880. The Morgan fingerprint density at radius 3 is 2.59 bits per heavy atom. The van der Waals surface area contributed by atoms with Crippen molar-refractivity contribution in [2.24, 2.45) is 0 Å². The second kappa shape index (κ2) is 8.22. The molecule has 2 amide bonds. The van der Waals surface area contributed by atoms with Crippen molar-refractivity contribution < 1.29 is 19.1 Å². The molecule has 7 heteroatoms. The number of ether oxygens (including phenoxy) is 1. The van der Waals surface area contributed by atoms with Gasteiger partial charge >= 0.3 is 11.9 Å². The minimum atomic E-state index is -0.922. The van der Waals surface area contributed by atoms with E-state index in [9.17, 15) is 14.4 Å². The van der Waals surface area contributed by atoms with Crippen LogP contribution < -0.4 is 10.2 Å². The predicted octanol–water partition coefficient (Wildman–Crippen LogP) is 3.43. The molecule has 1 aliphatic heterocycles. The minimum Gasteiger partial charge on any atom is -0.459 e. The Balaban J connectivity index is 1.80. The molecule has 1 aliphatic rings. The smallest absolute Gasteiger partial charge is 0.397 e. The van der Waals surface area contributed by atoms with E-state index < -0.39 is 11.9 Å². The highest BCUT2D eigenvalue weighted by Crippen LogP contribution is 2.31. The van der Waals surface area contributed by atoms with Gasteiger partial charge in [0, 0.05) is 28.5 Å². The third kappa shape index (κ3) is 4.28. The number of fused-ring (bicyclic) bond motifs is 1. The first-order chi connectivity index (χ1) is 13.0. The number of nitrogens with one attached hydrogen (secondary N) is 1. The summed E-state index contributed by atoms with van der Waals surface area (Å²) in [4.78, 5) is 37.8. The summed E-state index contributed by atoms with van der Waals surface area (Å²) >= 11 is 5.89. The maximum atomic E-state index is 12.8. The molecule has 140 valence electrons. The number of benzene rings is 2. The molecule has 0 radical (unpaired) electrons. The Hall–Kier alpha value is -2.86. The van der Waals surface area contributed by atoms with Crippen molar-refractivity contribution in [3.8, 4) is 0 Å². The van der Waals surface area contributed by atoms with E-state index in [0.717, 1.165) is 24.1 Å². The quantitative estimate of drug-likeness (QED) is 0.647. The Kier molecular flexibility index (Phi) is 5.76. The van der Waals surface area contributed by atoms with Crippen LogP contribution in [0.5, 0.6) is 0 Å². The van der Waals surface area contributed by atoms with E-state index in [1.165, 1.54) is 0 Å². The third-order valence-electron chi connectivity index (χ3n) is 4.25. The molecule has 0 bridgehead atoms. The molecule has 0 saturated carbocycles. The van der Waals surface area contributed by atoms with Gasteiger partial charge in [0.15, 0.2) is 0 Å². The third-order valence-corrected chi connectivity index (χ3v) is 4.51. The van der Waals surface area contributed by atoms with Crippen LogP contribution in [0, 0.1) is 0 Å². The van der Waals surface area contributed by atoms with Crippen LogP contribution in [0.3, 0.4) is 0 Å². The topological polar surface area (TPSA) is 75.7 Å². The van der Waals surface area contributed by atoms with Gasteiger partial charge in [0.2, 0.25) is 0 Å². The van der Waals surface area contributed by atoms with E-state index in [1.54, 1.807) is 54.3 Å². The first kappa shape index (κ1) is 18.9. The number of esters is 1. The number of halogens is 1. The molecule has 0 spiro atoms. The molecule has 0 unspecified atom stereocenters. The molecule has 0 aliphatic carbocycles. The van der Waals surface area contributed by atoms with Crippen molar-refractivity contribution in [2.75, 3.05) is 23.4 Å². The van der Waals surface area contributed by atoms with Gasteiger partial charge in [-0.2, -0.15) is 0 Å². The molecule has 1 N–H and O–H groups in total. The summed E-state index contributed by atoms with van der Waals surface area (Å²) in [6.45, 7) is 2.39. The summed E-state index contributed by atoms with van der Waals surface area (Å²) in [7, 11) is 0. The molecule has 0 saturated heterocycles. The van der Waals surface area contributed by atoms with Gasteiger partial charge in [-0.05, 0) is 67.8 Å². The largest absolute Gasteiger partial charge is 0.459 e. The average Bonchev–Trinajstić information content (AvgIpc) is 2.67. The van der Waals surface area contributed by atoms with Crippen LogP contribution in [0.4, 0.5) is 11.4 Å². The molecule has 1 heterocycles. The number of amides is 2. The number of carbonyl (C=O) groups excluding carboxylic acids is 3. The van der Waals surface area contributed by atoms with Crippen molar-refractivity contribution in [1.82, 2.24) is 0 Å². The highest BCUT2D eigenvalue weighted by Gasteiger charge is 2.24. The van der Waals surface area contributed by atoms with Gasteiger partial charge in [-0.15, -0.1) is 0 Å². The monoisotopic (exact) mass is 386 g/mol. The van der Waals surface area contributed by atoms with Gasteiger partial charge in [-0.1, -0.05) is 11.6 Å². The zero-order valence-electron chi connectivity index (χ0n) is 14.8. The number of carbonyl (C=O) groups is 3. The molecule has 6 nitrogen and oxygen atoms in total. The molecule has 0 atom stereocenters. The van der Waals surface area contributed by atoms with Crippen LogP contribution in [0.2, 0.25) is 5.02 Å². The Labute approximate surface area is 162 Å². The zero-order valence-corrected chi connectivity index (χ0v) is 15.6. The highest BCUT2D eigenvalue weighted by atomic mass is 35.5.